The molecule has 26 heavy (non-hydrogen) atoms. The first-order valence-corrected chi connectivity index (χ1v) is 8.40. The first-order chi connectivity index (χ1) is 12.6. The molecule has 0 aromatic heterocycles. The third-order valence-electron chi connectivity index (χ3n) is 3.79. The summed E-state index contributed by atoms with van der Waals surface area (Å²) in [6, 6.07) is 18.6. The maximum absolute atomic E-state index is 12.1. The molecule has 1 amide bonds. The number of amides is 1. The van der Waals surface area contributed by atoms with Crippen LogP contribution < -0.4 is 10.6 Å². The van der Waals surface area contributed by atoms with Crippen molar-refractivity contribution in [2.45, 2.75) is 19.8 Å². The normalized spacial score (nSPS) is 10.7. The van der Waals surface area contributed by atoms with Gasteiger partial charge in [0.2, 0.25) is 0 Å². The highest BCUT2D eigenvalue weighted by atomic mass is 16.1. The maximum Gasteiger partial charge on any atom is 0.267 e. The van der Waals surface area contributed by atoms with Crippen molar-refractivity contribution in [2.24, 2.45) is 0 Å². The Bertz CT molecular complexity index is 819. The van der Waals surface area contributed by atoms with E-state index >= 15 is 0 Å². The number of nitriles is 1. The molecule has 5 nitrogen and oxygen atoms in total. The molecule has 0 aliphatic heterocycles. The molecule has 5 heteroatoms. The van der Waals surface area contributed by atoms with Crippen LogP contribution in [0.2, 0.25) is 0 Å². The number of carbonyl (C=O) groups excluding carboxylic acids is 2. The Hall–Kier alpha value is -3.39. The lowest BCUT2D eigenvalue weighted by atomic mass is 10.1. The SMILES string of the molecule is CC(=O)c1ccc(NC(=O)/C(C#N)=C\NCCCc2ccccc2)cc1. The summed E-state index contributed by atoms with van der Waals surface area (Å²) in [6.45, 7) is 2.15. The van der Waals surface area contributed by atoms with Crippen LogP contribution in [0.15, 0.2) is 66.4 Å². The predicted molar refractivity (Wildman–Crippen MR) is 102 cm³/mol. The third-order valence-corrected chi connectivity index (χ3v) is 3.79. The lowest BCUT2D eigenvalue weighted by Gasteiger charge is -2.06. The first kappa shape index (κ1) is 18.9. The zero-order valence-corrected chi connectivity index (χ0v) is 14.7. The molecule has 0 saturated carbocycles. The highest BCUT2D eigenvalue weighted by Gasteiger charge is 2.09. The second kappa shape index (κ2) is 9.80. The van der Waals surface area contributed by atoms with Crippen molar-refractivity contribution in [1.82, 2.24) is 5.32 Å². The lowest BCUT2D eigenvalue weighted by molar-refractivity contribution is -0.112. The van der Waals surface area contributed by atoms with Crippen molar-refractivity contribution in [3.05, 3.63) is 77.5 Å². The van der Waals surface area contributed by atoms with Crippen molar-refractivity contribution in [3.8, 4) is 6.07 Å². The number of aryl methyl sites for hydroxylation is 1. The molecule has 0 atom stereocenters. The topological polar surface area (TPSA) is 82.0 Å². The van der Waals surface area contributed by atoms with Gasteiger partial charge in [0.25, 0.3) is 5.91 Å². The summed E-state index contributed by atoms with van der Waals surface area (Å²) < 4.78 is 0. The number of rotatable bonds is 8. The fraction of sp³-hybridized carbons (Fsp3) is 0.190. The van der Waals surface area contributed by atoms with Crippen molar-refractivity contribution in [2.75, 3.05) is 11.9 Å². The van der Waals surface area contributed by atoms with E-state index in [0.717, 1.165) is 12.8 Å². The van der Waals surface area contributed by atoms with E-state index in [4.69, 9.17) is 5.26 Å². The Labute approximate surface area is 153 Å². The number of ketones is 1. The monoisotopic (exact) mass is 347 g/mol. The molecule has 2 aromatic carbocycles. The van der Waals surface area contributed by atoms with Gasteiger partial charge in [0.05, 0.1) is 0 Å². The number of hydrogen-bond donors (Lipinski definition) is 2. The summed E-state index contributed by atoms with van der Waals surface area (Å²) in [5.74, 6) is -0.529. The molecular weight excluding hydrogens is 326 g/mol. The highest BCUT2D eigenvalue weighted by Crippen LogP contribution is 2.11. The smallest absolute Gasteiger partial charge is 0.267 e. The Balaban J connectivity index is 1.82. The van der Waals surface area contributed by atoms with Gasteiger partial charge in [0.1, 0.15) is 11.6 Å². The average Bonchev–Trinajstić information content (AvgIpc) is 2.66. The van der Waals surface area contributed by atoms with Crippen LogP contribution in [0.25, 0.3) is 0 Å². The highest BCUT2D eigenvalue weighted by molar-refractivity contribution is 6.06. The number of carbonyl (C=O) groups is 2. The Morgan fingerprint density at radius 3 is 2.38 bits per heavy atom. The van der Waals surface area contributed by atoms with Crippen LogP contribution >= 0.6 is 0 Å². The Morgan fingerprint density at radius 2 is 1.77 bits per heavy atom. The fourth-order valence-electron chi connectivity index (χ4n) is 2.35. The standard InChI is InChI=1S/C21H21N3O2/c1-16(25)18-9-11-20(12-10-18)24-21(26)19(14-22)15-23-13-5-8-17-6-3-2-4-7-17/h2-4,6-7,9-12,15,23H,5,8,13H2,1H3,(H,24,26)/b19-15-. The minimum atomic E-state index is -0.487. The molecule has 0 aliphatic carbocycles. The molecule has 0 spiro atoms. The Kier molecular flexibility index (Phi) is 7.14. The van der Waals surface area contributed by atoms with E-state index < -0.39 is 5.91 Å². The fourth-order valence-corrected chi connectivity index (χ4v) is 2.35. The average molecular weight is 347 g/mol. The zero-order valence-electron chi connectivity index (χ0n) is 14.7. The van der Waals surface area contributed by atoms with Gasteiger partial charge >= 0.3 is 0 Å². The van der Waals surface area contributed by atoms with Crippen molar-refractivity contribution in [3.63, 3.8) is 0 Å². The maximum atomic E-state index is 12.1. The second-order valence-corrected chi connectivity index (χ2v) is 5.80. The van der Waals surface area contributed by atoms with Gasteiger partial charge in [-0.05, 0) is 49.6 Å². The third kappa shape index (κ3) is 5.91. The summed E-state index contributed by atoms with van der Waals surface area (Å²) in [5.41, 5.74) is 2.36. The molecule has 2 aromatic rings. The van der Waals surface area contributed by atoms with Gasteiger partial charge in [-0.15, -0.1) is 0 Å². The van der Waals surface area contributed by atoms with Gasteiger partial charge in [-0.1, -0.05) is 30.3 Å². The number of Topliss-reactive ketones (excluding diaryl/α,β-unsaturated/α-hetero) is 1. The van der Waals surface area contributed by atoms with Gasteiger partial charge in [0.15, 0.2) is 5.78 Å². The van der Waals surface area contributed by atoms with Gasteiger partial charge in [-0.2, -0.15) is 5.26 Å². The summed E-state index contributed by atoms with van der Waals surface area (Å²) >= 11 is 0. The zero-order chi connectivity index (χ0) is 18.8. The molecule has 0 aliphatic rings. The van der Waals surface area contributed by atoms with E-state index in [0.29, 0.717) is 17.8 Å². The van der Waals surface area contributed by atoms with Crippen LogP contribution in [0, 0.1) is 11.3 Å². The van der Waals surface area contributed by atoms with Crippen LogP contribution in [0.5, 0.6) is 0 Å². The van der Waals surface area contributed by atoms with E-state index in [9.17, 15) is 9.59 Å². The van der Waals surface area contributed by atoms with E-state index in [2.05, 4.69) is 22.8 Å². The molecule has 0 bridgehead atoms. The van der Waals surface area contributed by atoms with Gasteiger partial charge in [-0.25, -0.2) is 0 Å². The van der Waals surface area contributed by atoms with Crippen LogP contribution in [0.3, 0.4) is 0 Å². The minimum Gasteiger partial charge on any atom is -0.390 e. The molecule has 2 rings (SSSR count). The minimum absolute atomic E-state index is 0.000329. The molecule has 132 valence electrons. The molecule has 0 unspecified atom stereocenters. The van der Waals surface area contributed by atoms with E-state index in [1.54, 1.807) is 24.3 Å². The van der Waals surface area contributed by atoms with Gasteiger partial charge in [-0.3, -0.25) is 9.59 Å². The molecule has 0 heterocycles. The summed E-state index contributed by atoms with van der Waals surface area (Å²) in [4.78, 5) is 23.4. The van der Waals surface area contributed by atoms with E-state index in [-0.39, 0.29) is 11.4 Å². The second-order valence-electron chi connectivity index (χ2n) is 5.80. The summed E-state index contributed by atoms with van der Waals surface area (Å²) in [7, 11) is 0. The van der Waals surface area contributed by atoms with Crippen LogP contribution in [-0.2, 0) is 11.2 Å². The van der Waals surface area contributed by atoms with Crippen LogP contribution in [0.1, 0.15) is 29.3 Å². The van der Waals surface area contributed by atoms with Crippen LogP contribution in [0.4, 0.5) is 5.69 Å². The Morgan fingerprint density at radius 1 is 1.08 bits per heavy atom. The van der Waals surface area contributed by atoms with Crippen molar-refractivity contribution < 1.29 is 9.59 Å². The number of benzene rings is 2. The molecule has 2 N–H and O–H groups in total. The molecule has 0 fully saturated rings. The van der Waals surface area contributed by atoms with Crippen LogP contribution in [-0.4, -0.2) is 18.2 Å². The number of nitrogens with zero attached hydrogens (tertiary/aromatic N) is 1. The van der Waals surface area contributed by atoms with E-state index in [1.807, 2.05) is 24.3 Å². The summed E-state index contributed by atoms with van der Waals surface area (Å²) in [6.07, 6.45) is 3.26. The largest absolute Gasteiger partial charge is 0.390 e. The number of anilines is 1. The predicted octanol–water partition coefficient (Wildman–Crippen LogP) is 3.46. The van der Waals surface area contributed by atoms with Crippen molar-refractivity contribution >= 4 is 17.4 Å². The number of hydrogen-bond acceptors (Lipinski definition) is 4. The first-order valence-electron chi connectivity index (χ1n) is 8.40. The van der Waals surface area contributed by atoms with Gasteiger partial charge < -0.3 is 10.6 Å². The quantitative estimate of drug-likeness (QED) is 0.332. The number of nitrogens with one attached hydrogen (secondary N) is 2. The molecular formula is C21H21N3O2. The summed E-state index contributed by atoms with van der Waals surface area (Å²) in [5, 5.41) is 14.8. The van der Waals surface area contributed by atoms with Crippen molar-refractivity contribution in [1.29, 1.82) is 5.26 Å². The van der Waals surface area contributed by atoms with Gasteiger partial charge in [0, 0.05) is 24.0 Å². The molecule has 0 radical (unpaired) electrons. The lowest BCUT2D eigenvalue weighted by Crippen LogP contribution is -2.17. The van der Waals surface area contributed by atoms with E-state index in [1.165, 1.54) is 18.7 Å². The molecule has 0 saturated heterocycles.